The molecule has 0 fully saturated rings. The van der Waals surface area contributed by atoms with E-state index in [1.54, 1.807) is 6.08 Å². The highest BCUT2D eigenvalue weighted by Gasteiger charge is 2.35. The lowest BCUT2D eigenvalue weighted by Gasteiger charge is -2.16. The van der Waals surface area contributed by atoms with Crippen molar-refractivity contribution in [1.82, 2.24) is 0 Å². The maximum absolute atomic E-state index is 11.1. The van der Waals surface area contributed by atoms with E-state index >= 15 is 0 Å². The molecule has 102 valence electrons. The molecule has 1 rings (SSSR count). The van der Waals surface area contributed by atoms with Gasteiger partial charge in [0.25, 0.3) is 5.54 Å². The summed E-state index contributed by atoms with van der Waals surface area (Å²) >= 11 is 0. The molecule has 0 saturated heterocycles. The maximum atomic E-state index is 11.1. The van der Waals surface area contributed by atoms with Crippen LogP contribution in [0.25, 0.3) is 6.08 Å². The van der Waals surface area contributed by atoms with Crippen molar-refractivity contribution < 1.29 is 14.5 Å². The summed E-state index contributed by atoms with van der Waals surface area (Å²) in [5, 5.41) is 11.1. The van der Waals surface area contributed by atoms with Crippen molar-refractivity contribution in [3.8, 4) is 0 Å². The van der Waals surface area contributed by atoms with E-state index in [4.69, 9.17) is 4.74 Å². The Kier molecular flexibility index (Phi) is 4.80. The minimum absolute atomic E-state index is 0.280. The van der Waals surface area contributed by atoms with Gasteiger partial charge in [-0.2, -0.15) is 0 Å². The lowest BCUT2D eigenvalue weighted by Crippen LogP contribution is -2.38. The fourth-order valence-corrected chi connectivity index (χ4v) is 1.36. The van der Waals surface area contributed by atoms with Crippen molar-refractivity contribution in [2.24, 2.45) is 0 Å². The topological polar surface area (TPSA) is 69.4 Å². The molecule has 0 bridgehead atoms. The Bertz CT molecular complexity index is 493. The highest BCUT2D eigenvalue weighted by molar-refractivity contribution is 5.66. The second-order valence-electron chi connectivity index (χ2n) is 4.64. The first-order chi connectivity index (χ1) is 8.83. The quantitative estimate of drug-likeness (QED) is 0.465. The minimum atomic E-state index is -1.42. The zero-order valence-corrected chi connectivity index (χ0v) is 11.3. The number of esters is 1. The number of nitrogens with zero attached hydrogens (tertiary/aromatic N) is 1. The predicted molar refractivity (Wildman–Crippen MR) is 72.2 cm³/mol. The monoisotopic (exact) mass is 263 g/mol. The summed E-state index contributed by atoms with van der Waals surface area (Å²) in [6.45, 7) is 4.33. The number of hydrogen-bond acceptors (Lipinski definition) is 4. The summed E-state index contributed by atoms with van der Waals surface area (Å²) in [6.07, 6.45) is 3.10. The van der Waals surface area contributed by atoms with Crippen LogP contribution in [-0.4, -0.2) is 23.0 Å². The van der Waals surface area contributed by atoms with Crippen molar-refractivity contribution >= 4 is 12.0 Å². The molecule has 0 N–H and O–H groups in total. The molecule has 19 heavy (non-hydrogen) atoms. The van der Waals surface area contributed by atoms with Gasteiger partial charge in [-0.15, -0.1) is 0 Å². The van der Waals surface area contributed by atoms with Crippen LogP contribution in [-0.2, 0) is 9.53 Å². The molecule has 5 nitrogen and oxygen atoms in total. The summed E-state index contributed by atoms with van der Waals surface area (Å²) in [5.41, 5.74) is 0.562. The smallest absolute Gasteiger partial charge is 0.302 e. The van der Waals surface area contributed by atoms with E-state index < -0.39 is 16.4 Å². The molecule has 0 heterocycles. The standard InChI is InChI=1S/C14H17NO4/c1-11-4-6-13(7-5-11)8-9-14(3,15(17)18)10-19-12(2)16/h4-9H,10H2,1-3H3/b9-8+. The second-order valence-corrected chi connectivity index (χ2v) is 4.64. The first kappa shape index (κ1) is 14.9. The predicted octanol–water partition coefficient (Wildman–Crippen LogP) is 2.61. The Morgan fingerprint density at radius 3 is 2.47 bits per heavy atom. The van der Waals surface area contributed by atoms with Crippen LogP contribution in [0.4, 0.5) is 0 Å². The third kappa shape index (κ3) is 4.54. The molecule has 1 atom stereocenters. The fourth-order valence-electron chi connectivity index (χ4n) is 1.36. The number of aryl methyl sites for hydroxylation is 1. The van der Waals surface area contributed by atoms with Gasteiger partial charge in [0.1, 0.15) is 0 Å². The number of hydrogen-bond donors (Lipinski definition) is 0. The Morgan fingerprint density at radius 2 is 2.00 bits per heavy atom. The zero-order chi connectivity index (χ0) is 14.5. The average molecular weight is 263 g/mol. The first-order valence-electron chi connectivity index (χ1n) is 5.87. The molecule has 0 radical (unpaired) electrons. The number of carbonyl (C=O) groups excluding carboxylic acids is 1. The summed E-state index contributed by atoms with van der Waals surface area (Å²) in [5.74, 6) is -0.531. The number of benzene rings is 1. The molecule has 0 aliphatic rings. The zero-order valence-electron chi connectivity index (χ0n) is 11.3. The Labute approximate surface area is 112 Å². The van der Waals surface area contributed by atoms with Crippen LogP contribution >= 0.6 is 0 Å². The van der Waals surface area contributed by atoms with Gasteiger partial charge < -0.3 is 4.74 Å². The molecular weight excluding hydrogens is 246 g/mol. The van der Waals surface area contributed by atoms with Crippen molar-refractivity contribution in [2.75, 3.05) is 6.61 Å². The first-order valence-corrected chi connectivity index (χ1v) is 5.87. The molecule has 0 saturated carbocycles. The molecule has 5 heteroatoms. The van der Waals surface area contributed by atoms with Crippen molar-refractivity contribution in [1.29, 1.82) is 0 Å². The van der Waals surface area contributed by atoms with E-state index in [1.807, 2.05) is 31.2 Å². The molecule has 0 spiro atoms. The summed E-state index contributed by atoms with van der Waals surface area (Å²) in [7, 11) is 0. The van der Waals surface area contributed by atoms with Gasteiger partial charge in [-0.05, 0) is 18.6 Å². The van der Waals surface area contributed by atoms with Gasteiger partial charge in [0.2, 0.25) is 0 Å². The van der Waals surface area contributed by atoms with Gasteiger partial charge in [-0.1, -0.05) is 35.9 Å². The lowest BCUT2D eigenvalue weighted by molar-refractivity contribution is -0.553. The largest absolute Gasteiger partial charge is 0.458 e. The van der Waals surface area contributed by atoms with Gasteiger partial charge in [-0.3, -0.25) is 14.9 Å². The normalized spacial score (nSPS) is 14.1. The Morgan fingerprint density at radius 1 is 1.42 bits per heavy atom. The highest BCUT2D eigenvalue weighted by atomic mass is 16.6. The maximum Gasteiger partial charge on any atom is 0.302 e. The third-order valence-electron chi connectivity index (χ3n) is 2.70. The van der Waals surface area contributed by atoms with Crippen LogP contribution in [0.3, 0.4) is 0 Å². The van der Waals surface area contributed by atoms with Gasteiger partial charge in [0, 0.05) is 18.8 Å². The van der Waals surface area contributed by atoms with Crippen molar-refractivity contribution in [2.45, 2.75) is 26.3 Å². The van der Waals surface area contributed by atoms with Gasteiger partial charge in [0.15, 0.2) is 6.61 Å². The van der Waals surface area contributed by atoms with Crippen molar-refractivity contribution in [3.05, 3.63) is 51.6 Å². The minimum Gasteiger partial charge on any atom is -0.458 e. The van der Waals surface area contributed by atoms with Gasteiger partial charge in [-0.25, -0.2) is 0 Å². The molecule has 0 aromatic heterocycles. The lowest BCUT2D eigenvalue weighted by atomic mass is 10.0. The van der Waals surface area contributed by atoms with E-state index in [0.717, 1.165) is 11.1 Å². The third-order valence-corrected chi connectivity index (χ3v) is 2.70. The van der Waals surface area contributed by atoms with Crippen LogP contribution in [0.15, 0.2) is 30.3 Å². The van der Waals surface area contributed by atoms with Crippen LogP contribution in [0.2, 0.25) is 0 Å². The molecule has 0 aliphatic heterocycles. The summed E-state index contributed by atoms with van der Waals surface area (Å²) < 4.78 is 4.74. The van der Waals surface area contributed by atoms with E-state index in [1.165, 1.54) is 19.9 Å². The number of ether oxygens (including phenoxy) is 1. The van der Waals surface area contributed by atoms with Crippen molar-refractivity contribution in [3.63, 3.8) is 0 Å². The number of rotatable bonds is 5. The second kappa shape index (κ2) is 6.13. The van der Waals surface area contributed by atoms with E-state index in [2.05, 4.69) is 0 Å². The Hall–Kier alpha value is -2.17. The molecule has 0 amide bonds. The van der Waals surface area contributed by atoms with E-state index in [-0.39, 0.29) is 6.61 Å². The van der Waals surface area contributed by atoms with Crippen LogP contribution in [0.5, 0.6) is 0 Å². The van der Waals surface area contributed by atoms with E-state index in [9.17, 15) is 14.9 Å². The summed E-state index contributed by atoms with van der Waals surface area (Å²) in [6, 6.07) is 7.60. The summed E-state index contributed by atoms with van der Waals surface area (Å²) in [4.78, 5) is 21.4. The average Bonchev–Trinajstić information content (AvgIpc) is 2.35. The number of nitro groups is 1. The van der Waals surface area contributed by atoms with Gasteiger partial charge >= 0.3 is 5.97 Å². The molecule has 0 aliphatic carbocycles. The van der Waals surface area contributed by atoms with Crippen LogP contribution in [0, 0.1) is 17.0 Å². The molecule has 1 aromatic carbocycles. The highest BCUT2D eigenvalue weighted by Crippen LogP contribution is 2.15. The fraction of sp³-hybridized carbons (Fsp3) is 0.357. The Balaban J connectivity index is 2.85. The molecule has 1 unspecified atom stereocenters. The van der Waals surface area contributed by atoms with Crippen LogP contribution < -0.4 is 0 Å². The van der Waals surface area contributed by atoms with E-state index in [0.29, 0.717) is 0 Å². The molecular formula is C14H17NO4. The SMILES string of the molecule is CC(=O)OCC(C)(/C=C/c1ccc(C)cc1)[N+](=O)[O-]. The van der Waals surface area contributed by atoms with Gasteiger partial charge in [0.05, 0.1) is 0 Å². The number of carbonyl (C=O) groups is 1. The molecule has 1 aromatic rings. The van der Waals surface area contributed by atoms with Crippen LogP contribution in [0.1, 0.15) is 25.0 Å².